The third kappa shape index (κ3) is 3.02. The van der Waals surface area contributed by atoms with E-state index in [1.165, 1.54) is 4.90 Å². The largest absolute Gasteiger partial charge is 0.478 e. The summed E-state index contributed by atoms with van der Waals surface area (Å²) >= 11 is 0. The van der Waals surface area contributed by atoms with Gasteiger partial charge < -0.3 is 15.8 Å². The maximum absolute atomic E-state index is 12.0. The molecule has 3 aromatic heterocycles. The summed E-state index contributed by atoms with van der Waals surface area (Å²) in [5, 5.41) is 9.37. The Kier molecular flexibility index (Phi) is 4.82. The van der Waals surface area contributed by atoms with Crippen LogP contribution in [0.3, 0.4) is 0 Å². The number of hydrogen-bond donors (Lipinski definition) is 3. The van der Waals surface area contributed by atoms with Gasteiger partial charge in [0.05, 0.1) is 18.7 Å². The smallest absolute Gasteiger partial charge is 0.335 e. The third-order valence-corrected chi connectivity index (χ3v) is 5.16. The van der Waals surface area contributed by atoms with Crippen LogP contribution in [-0.2, 0) is 24.4 Å². The standard InChI is InChI=1S/C20H21N7O3/c1-3-26-14-6-5-12(20(29)30)9-15(14)27(4-2)16(26)10-25(11-28)19-17(21)24-18-13(23-19)7-8-22-18/h5-9,11H,3-4,10H2,1-2H3,(H3-,21,22,23,24,29,30)/p+1. The van der Waals surface area contributed by atoms with Gasteiger partial charge in [0.1, 0.15) is 12.1 Å². The molecule has 0 atom stereocenters. The van der Waals surface area contributed by atoms with Gasteiger partial charge in [-0.3, -0.25) is 9.69 Å². The van der Waals surface area contributed by atoms with Crippen LogP contribution in [-0.4, -0.2) is 37.0 Å². The summed E-state index contributed by atoms with van der Waals surface area (Å²) < 4.78 is 4.06. The van der Waals surface area contributed by atoms with Crippen molar-refractivity contribution in [3.05, 3.63) is 41.9 Å². The molecule has 154 valence electrons. The van der Waals surface area contributed by atoms with E-state index in [2.05, 4.69) is 19.5 Å². The van der Waals surface area contributed by atoms with E-state index in [1.807, 2.05) is 18.4 Å². The molecule has 10 heteroatoms. The number of hydrogen-bond acceptors (Lipinski definition) is 5. The van der Waals surface area contributed by atoms with Gasteiger partial charge in [0.15, 0.2) is 28.3 Å². The van der Waals surface area contributed by atoms with E-state index in [-0.39, 0.29) is 23.7 Å². The predicted molar refractivity (Wildman–Crippen MR) is 111 cm³/mol. The van der Waals surface area contributed by atoms with Crippen LogP contribution < -0.4 is 15.2 Å². The topological polar surface area (TPSA) is 134 Å². The minimum atomic E-state index is -0.984. The zero-order chi connectivity index (χ0) is 21.4. The first kappa shape index (κ1) is 19.4. The first-order valence-corrected chi connectivity index (χ1v) is 9.59. The van der Waals surface area contributed by atoms with Crippen LogP contribution in [0.5, 0.6) is 0 Å². The van der Waals surface area contributed by atoms with Gasteiger partial charge in [-0.25, -0.2) is 23.9 Å². The van der Waals surface area contributed by atoms with Crippen LogP contribution in [0, 0.1) is 0 Å². The highest BCUT2D eigenvalue weighted by atomic mass is 16.4. The Morgan fingerprint density at radius 1 is 1.33 bits per heavy atom. The number of carbonyl (C=O) groups is 2. The fraction of sp³-hybridized carbons (Fsp3) is 0.250. The number of aryl methyl sites for hydroxylation is 2. The Labute approximate surface area is 171 Å². The van der Waals surface area contributed by atoms with E-state index in [0.29, 0.717) is 30.7 Å². The highest BCUT2D eigenvalue weighted by Gasteiger charge is 2.27. The molecule has 4 rings (SSSR count). The van der Waals surface area contributed by atoms with Gasteiger partial charge in [-0.15, -0.1) is 0 Å². The molecule has 0 bridgehead atoms. The average molecular weight is 408 g/mol. The Morgan fingerprint density at radius 3 is 2.80 bits per heavy atom. The Balaban J connectivity index is 1.85. The summed E-state index contributed by atoms with van der Waals surface area (Å²) in [4.78, 5) is 36.6. The molecule has 10 nitrogen and oxygen atoms in total. The normalized spacial score (nSPS) is 11.3. The molecule has 0 aliphatic carbocycles. The van der Waals surface area contributed by atoms with E-state index >= 15 is 0 Å². The third-order valence-electron chi connectivity index (χ3n) is 5.16. The second-order valence-electron chi connectivity index (χ2n) is 6.79. The molecule has 30 heavy (non-hydrogen) atoms. The van der Waals surface area contributed by atoms with Crippen molar-refractivity contribution >= 4 is 46.2 Å². The number of nitrogens with two attached hydrogens (primary N) is 1. The van der Waals surface area contributed by atoms with Gasteiger partial charge in [0.25, 0.3) is 5.82 Å². The van der Waals surface area contributed by atoms with E-state index in [1.54, 1.807) is 30.5 Å². The number of nitrogens with zero attached hydrogens (tertiary/aromatic N) is 5. The number of carboxylic acid groups (broad SMARTS) is 1. The lowest BCUT2D eigenvalue weighted by Crippen LogP contribution is -2.40. The number of imidazole rings is 1. The SMILES string of the molecule is CCn1c(CN(C=O)c2nc3cc[nH]c3nc2N)[n+](CC)c2ccc(C(=O)O)cc21. The number of aromatic nitrogens is 5. The van der Waals surface area contributed by atoms with Crippen molar-refractivity contribution in [3.63, 3.8) is 0 Å². The van der Waals surface area contributed by atoms with Crippen LogP contribution in [0.15, 0.2) is 30.5 Å². The first-order chi connectivity index (χ1) is 14.5. The lowest BCUT2D eigenvalue weighted by Gasteiger charge is -2.16. The van der Waals surface area contributed by atoms with Gasteiger partial charge in [-0.05, 0) is 32.0 Å². The van der Waals surface area contributed by atoms with Gasteiger partial charge >= 0.3 is 5.97 Å². The van der Waals surface area contributed by atoms with Crippen molar-refractivity contribution in [2.24, 2.45) is 0 Å². The minimum absolute atomic E-state index is 0.146. The maximum atomic E-state index is 12.0. The second-order valence-corrected chi connectivity index (χ2v) is 6.79. The molecule has 4 aromatic rings. The van der Waals surface area contributed by atoms with Crippen molar-refractivity contribution in [3.8, 4) is 0 Å². The van der Waals surface area contributed by atoms with Crippen LogP contribution >= 0.6 is 0 Å². The molecule has 1 aromatic carbocycles. The zero-order valence-corrected chi connectivity index (χ0v) is 16.7. The quantitative estimate of drug-likeness (QED) is 0.315. The van der Waals surface area contributed by atoms with E-state index in [4.69, 9.17) is 5.73 Å². The average Bonchev–Trinajstić information content (AvgIpc) is 3.31. The molecule has 0 unspecified atom stereocenters. The number of benzene rings is 1. The van der Waals surface area contributed by atoms with E-state index in [0.717, 1.165) is 16.9 Å². The summed E-state index contributed by atoms with van der Waals surface area (Å²) in [7, 11) is 0. The number of nitrogen functional groups attached to an aromatic ring is 1. The monoisotopic (exact) mass is 408 g/mol. The molecule has 0 saturated carbocycles. The number of fused-ring (bicyclic) bond motifs is 2. The van der Waals surface area contributed by atoms with Crippen LogP contribution in [0.25, 0.3) is 22.2 Å². The molecule has 1 amide bonds. The minimum Gasteiger partial charge on any atom is -0.478 e. The molecular weight excluding hydrogens is 386 g/mol. The fourth-order valence-electron chi connectivity index (χ4n) is 3.80. The second kappa shape index (κ2) is 7.47. The fourth-order valence-corrected chi connectivity index (χ4v) is 3.80. The molecule has 3 heterocycles. The number of H-pyrrole nitrogens is 1. The van der Waals surface area contributed by atoms with Gasteiger partial charge in [-0.2, -0.15) is 0 Å². The van der Waals surface area contributed by atoms with Crippen molar-refractivity contribution < 1.29 is 19.3 Å². The molecule has 0 spiro atoms. The number of rotatable bonds is 7. The first-order valence-electron chi connectivity index (χ1n) is 9.59. The summed E-state index contributed by atoms with van der Waals surface area (Å²) in [6.45, 7) is 5.43. The van der Waals surface area contributed by atoms with Crippen molar-refractivity contribution in [1.82, 2.24) is 19.5 Å². The summed E-state index contributed by atoms with van der Waals surface area (Å²) in [5.74, 6) is 0.272. The van der Waals surface area contributed by atoms with Gasteiger partial charge in [0.2, 0.25) is 6.41 Å². The van der Waals surface area contributed by atoms with Crippen LogP contribution in [0.1, 0.15) is 30.0 Å². The zero-order valence-electron chi connectivity index (χ0n) is 16.7. The maximum Gasteiger partial charge on any atom is 0.335 e. The van der Waals surface area contributed by atoms with E-state index < -0.39 is 5.97 Å². The number of aromatic carboxylic acids is 1. The lowest BCUT2D eigenvalue weighted by molar-refractivity contribution is -0.676. The van der Waals surface area contributed by atoms with Crippen molar-refractivity contribution in [2.75, 3.05) is 10.6 Å². The lowest BCUT2D eigenvalue weighted by atomic mass is 10.2. The predicted octanol–water partition coefficient (Wildman–Crippen LogP) is 1.68. The number of carbonyl (C=O) groups excluding carboxylic acids is 1. The van der Waals surface area contributed by atoms with Crippen molar-refractivity contribution in [2.45, 2.75) is 33.5 Å². The Bertz CT molecular complexity index is 1270. The summed E-state index contributed by atoms with van der Waals surface area (Å²) in [6, 6.07) is 6.80. The highest BCUT2D eigenvalue weighted by molar-refractivity contribution is 5.92. The molecule has 0 aliphatic rings. The molecule has 0 radical (unpaired) electrons. The number of nitrogens with one attached hydrogen (secondary N) is 1. The van der Waals surface area contributed by atoms with Crippen molar-refractivity contribution in [1.29, 1.82) is 0 Å². The van der Waals surface area contributed by atoms with Crippen LogP contribution in [0.4, 0.5) is 11.6 Å². The van der Waals surface area contributed by atoms with E-state index in [9.17, 15) is 14.7 Å². The number of amides is 1. The van der Waals surface area contributed by atoms with Gasteiger partial charge in [-0.1, -0.05) is 0 Å². The number of aromatic amines is 1. The molecular formula is C20H22N7O3+. The van der Waals surface area contributed by atoms with Crippen LogP contribution in [0.2, 0.25) is 0 Å². The Hall–Kier alpha value is -3.95. The summed E-state index contributed by atoms with van der Waals surface area (Å²) in [6.07, 6.45) is 2.39. The number of anilines is 2. The van der Waals surface area contributed by atoms with Gasteiger partial charge in [0, 0.05) is 12.3 Å². The summed E-state index contributed by atoms with van der Waals surface area (Å²) in [5.41, 5.74) is 9.13. The molecule has 0 aliphatic heterocycles. The Morgan fingerprint density at radius 2 is 2.13 bits per heavy atom. The number of carboxylic acids is 1. The molecule has 0 saturated heterocycles. The molecule has 0 fully saturated rings. The highest BCUT2D eigenvalue weighted by Crippen LogP contribution is 2.24. The molecule has 4 N–H and O–H groups in total.